The van der Waals surface area contributed by atoms with Crippen molar-refractivity contribution in [3.63, 3.8) is 0 Å². The predicted molar refractivity (Wildman–Crippen MR) is 130 cm³/mol. The number of nitrogens with two attached hydrogens (primary N) is 1. The summed E-state index contributed by atoms with van der Waals surface area (Å²) < 4.78 is 20.6. The third kappa shape index (κ3) is 2.93. The molecule has 3 atom stereocenters. The van der Waals surface area contributed by atoms with Crippen molar-refractivity contribution in [2.24, 2.45) is 11.7 Å². The monoisotopic (exact) mass is 476 g/mol. The highest BCUT2D eigenvalue weighted by Crippen LogP contribution is 2.44. The zero-order valence-corrected chi connectivity index (χ0v) is 19.1. The third-order valence-electron chi connectivity index (χ3n) is 7.00. The van der Waals surface area contributed by atoms with Gasteiger partial charge in [0.2, 0.25) is 0 Å². The van der Waals surface area contributed by atoms with E-state index in [9.17, 15) is 4.39 Å². The van der Waals surface area contributed by atoms with Crippen LogP contribution in [0, 0.1) is 11.7 Å². The number of nitrogens with zero attached hydrogens (tertiary/aromatic N) is 5. The average molecular weight is 477 g/mol. The molecule has 1 aliphatic carbocycles. The number of ether oxygens (including phenoxy) is 1. The van der Waals surface area contributed by atoms with E-state index in [4.69, 9.17) is 15.5 Å². The van der Waals surface area contributed by atoms with Gasteiger partial charge in [-0.25, -0.2) is 14.4 Å². The minimum atomic E-state index is -0.323. The van der Waals surface area contributed by atoms with Crippen LogP contribution in [0.15, 0.2) is 29.9 Å². The van der Waals surface area contributed by atoms with Gasteiger partial charge in [-0.3, -0.25) is 0 Å². The van der Waals surface area contributed by atoms with Crippen LogP contribution in [0.5, 0.6) is 11.8 Å². The molecule has 9 nitrogen and oxygen atoms in total. The molecule has 7 rings (SSSR count). The van der Waals surface area contributed by atoms with Gasteiger partial charge in [0.15, 0.2) is 5.75 Å². The lowest BCUT2D eigenvalue weighted by atomic mass is 10.0. The van der Waals surface area contributed by atoms with Crippen molar-refractivity contribution >= 4 is 55.1 Å². The molecule has 4 aromatic heterocycles. The summed E-state index contributed by atoms with van der Waals surface area (Å²) in [5.74, 6) is 1.34. The van der Waals surface area contributed by atoms with Crippen LogP contribution in [0.4, 0.5) is 15.9 Å². The number of halogens is 1. The van der Waals surface area contributed by atoms with E-state index in [2.05, 4.69) is 30.2 Å². The normalized spacial score (nSPS) is 21.9. The van der Waals surface area contributed by atoms with Gasteiger partial charge in [-0.1, -0.05) is 0 Å². The van der Waals surface area contributed by atoms with Gasteiger partial charge < -0.3 is 25.7 Å². The average Bonchev–Trinajstić information content (AvgIpc) is 3.60. The van der Waals surface area contributed by atoms with Crippen LogP contribution in [0.3, 0.4) is 0 Å². The molecule has 0 spiro atoms. The van der Waals surface area contributed by atoms with Crippen molar-refractivity contribution in [2.75, 3.05) is 23.8 Å². The number of anilines is 2. The highest BCUT2D eigenvalue weighted by molar-refractivity contribution is 7.16. The number of hydrogen-bond acceptors (Lipinski definition) is 9. The molecule has 1 aliphatic heterocycles. The van der Waals surface area contributed by atoms with Crippen molar-refractivity contribution in [3.8, 4) is 11.8 Å². The molecule has 1 aromatic carbocycles. The molecule has 0 unspecified atom stereocenters. The van der Waals surface area contributed by atoms with E-state index in [0.29, 0.717) is 29.0 Å². The Hall–Kier alpha value is -3.57. The number of fused-ring (bicyclic) bond motifs is 6. The van der Waals surface area contributed by atoms with Crippen LogP contribution in [0.25, 0.3) is 32.3 Å². The molecule has 11 heteroatoms. The van der Waals surface area contributed by atoms with Gasteiger partial charge in [0, 0.05) is 37.1 Å². The molecule has 1 saturated carbocycles. The minimum absolute atomic E-state index is 0.198. The Kier molecular flexibility index (Phi) is 4.21. The lowest BCUT2D eigenvalue weighted by Crippen LogP contribution is -2.41. The maximum Gasteiger partial charge on any atom is 0.326 e. The number of benzene rings is 1. The van der Waals surface area contributed by atoms with E-state index in [-0.39, 0.29) is 17.9 Å². The van der Waals surface area contributed by atoms with Gasteiger partial charge in [0.1, 0.15) is 27.6 Å². The van der Waals surface area contributed by atoms with Crippen LogP contribution in [-0.2, 0) is 0 Å². The van der Waals surface area contributed by atoms with Crippen LogP contribution < -0.4 is 20.7 Å². The number of nitrogens with one attached hydrogen (secondary N) is 2. The van der Waals surface area contributed by atoms with Crippen molar-refractivity contribution in [2.45, 2.75) is 24.9 Å². The molecule has 2 bridgehead atoms. The van der Waals surface area contributed by atoms with Crippen LogP contribution >= 0.6 is 11.3 Å². The van der Waals surface area contributed by atoms with Crippen LogP contribution in [-0.4, -0.2) is 50.6 Å². The van der Waals surface area contributed by atoms with Crippen LogP contribution in [0.2, 0.25) is 0 Å². The molecule has 2 fully saturated rings. The number of pyridine rings is 1. The molecule has 4 N–H and O–H groups in total. The molecular weight excluding hydrogens is 455 g/mol. The van der Waals surface area contributed by atoms with Gasteiger partial charge in [-0.15, -0.1) is 11.3 Å². The fourth-order valence-corrected chi connectivity index (χ4v) is 6.04. The fraction of sp³-hybridized carbons (Fsp3) is 0.304. The highest BCUT2D eigenvalue weighted by atomic mass is 32.1. The summed E-state index contributed by atoms with van der Waals surface area (Å²) in [6.45, 7) is 0.810. The molecule has 34 heavy (non-hydrogen) atoms. The predicted octanol–water partition coefficient (Wildman–Crippen LogP) is 4.01. The molecule has 0 amide bonds. The first kappa shape index (κ1) is 19.9. The molecule has 172 valence electrons. The molecule has 5 aromatic rings. The Labute approximate surface area is 197 Å². The Balaban J connectivity index is 1.41. The first-order valence-corrected chi connectivity index (χ1v) is 12.1. The van der Waals surface area contributed by atoms with E-state index in [1.54, 1.807) is 18.8 Å². The van der Waals surface area contributed by atoms with E-state index in [0.717, 1.165) is 51.8 Å². The fourth-order valence-electron chi connectivity index (χ4n) is 5.43. The Morgan fingerprint density at radius 3 is 2.94 bits per heavy atom. The number of piperidine rings is 1. The number of rotatable bonds is 4. The maximum absolute atomic E-state index is 14.5. The molecule has 5 heterocycles. The number of aromatic amines is 1. The Bertz CT molecular complexity index is 1580. The summed E-state index contributed by atoms with van der Waals surface area (Å²) in [4.78, 5) is 24.7. The lowest BCUT2D eigenvalue weighted by molar-refractivity contribution is 0.439. The van der Waals surface area contributed by atoms with E-state index in [1.165, 1.54) is 23.5 Å². The Morgan fingerprint density at radius 2 is 2.15 bits per heavy atom. The van der Waals surface area contributed by atoms with Crippen molar-refractivity contribution in [1.29, 1.82) is 0 Å². The summed E-state index contributed by atoms with van der Waals surface area (Å²) in [5.41, 5.74) is 10.8. The summed E-state index contributed by atoms with van der Waals surface area (Å²) in [7, 11) is 1.77. The quantitative estimate of drug-likeness (QED) is 0.356. The maximum atomic E-state index is 14.5. The van der Waals surface area contributed by atoms with Crippen LogP contribution in [0.1, 0.15) is 12.8 Å². The first-order chi connectivity index (χ1) is 16.6. The van der Waals surface area contributed by atoms with Crippen molar-refractivity contribution in [3.05, 3.63) is 35.7 Å². The van der Waals surface area contributed by atoms with Crippen molar-refractivity contribution < 1.29 is 9.13 Å². The molecular formula is C23H21FN8OS. The second-order valence-corrected chi connectivity index (χ2v) is 9.79. The van der Waals surface area contributed by atoms with Crippen molar-refractivity contribution in [1.82, 2.24) is 24.9 Å². The standard InChI is InChI=1S/C23H21FN8OS/c1-26-16-4-11(24)3-14-18-20(29-19(14)16)30-23(33-13-6-17-22(27-7-13)34-9-28-17)31-21(18)32-8-10-2-12(32)5-15(10)25/h3-4,6-7,9-10,12,15,26H,2,5,8,25H2,1H3,(H,29,30,31)/t10-,12-,15+/m1/s1. The minimum Gasteiger partial charge on any atom is -0.422 e. The van der Waals surface area contributed by atoms with E-state index < -0.39 is 0 Å². The summed E-state index contributed by atoms with van der Waals surface area (Å²) in [6.07, 6.45) is 3.59. The van der Waals surface area contributed by atoms with Gasteiger partial charge in [0.25, 0.3) is 0 Å². The number of aromatic nitrogens is 5. The zero-order chi connectivity index (χ0) is 23.0. The smallest absolute Gasteiger partial charge is 0.326 e. The Morgan fingerprint density at radius 1 is 1.24 bits per heavy atom. The largest absolute Gasteiger partial charge is 0.422 e. The van der Waals surface area contributed by atoms with Gasteiger partial charge >= 0.3 is 6.01 Å². The number of hydrogen-bond donors (Lipinski definition) is 3. The van der Waals surface area contributed by atoms with Gasteiger partial charge in [-0.05, 0) is 30.9 Å². The lowest BCUT2D eigenvalue weighted by Gasteiger charge is -2.31. The molecule has 2 aliphatic rings. The molecule has 1 saturated heterocycles. The number of thiazole rings is 1. The number of H-pyrrole nitrogens is 1. The van der Waals surface area contributed by atoms with E-state index in [1.807, 2.05) is 6.07 Å². The van der Waals surface area contributed by atoms with E-state index >= 15 is 0 Å². The summed E-state index contributed by atoms with van der Waals surface area (Å²) in [6, 6.07) is 5.52. The summed E-state index contributed by atoms with van der Waals surface area (Å²) >= 11 is 1.47. The van der Waals surface area contributed by atoms with Gasteiger partial charge in [0.05, 0.1) is 28.3 Å². The third-order valence-corrected chi connectivity index (χ3v) is 7.74. The first-order valence-electron chi connectivity index (χ1n) is 11.2. The summed E-state index contributed by atoms with van der Waals surface area (Å²) in [5, 5.41) is 4.59. The highest BCUT2D eigenvalue weighted by Gasteiger charge is 2.44. The second-order valence-electron chi connectivity index (χ2n) is 8.96. The second kappa shape index (κ2) is 7.21. The topological polar surface area (TPSA) is 118 Å². The molecule has 0 radical (unpaired) electrons. The SMILES string of the molecule is CNc1cc(F)cc2c1[nH]c1nc(Oc3cnc4scnc4c3)nc(N3C[C@H]4C[C@@H]3C[C@@H]4N)c12. The van der Waals surface area contributed by atoms with Gasteiger partial charge in [-0.2, -0.15) is 9.97 Å². The zero-order valence-electron chi connectivity index (χ0n) is 18.2.